The van der Waals surface area contributed by atoms with Crippen LogP contribution in [0.15, 0.2) is 24.3 Å². The van der Waals surface area contributed by atoms with Crippen LogP contribution < -0.4 is 5.32 Å². The molecule has 1 aromatic rings. The Morgan fingerprint density at radius 2 is 2.28 bits per heavy atom. The molecule has 0 aromatic heterocycles. The van der Waals surface area contributed by atoms with Crippen molar-refractivity contribution in [3.8, 4) is 0 Å². The van der Waals surface area contributed by atoms with E-state index in [4.69, 9.17) is 9.47 Å². The summed E-state index contributed by atoms with van der Waals surface area (Å²) in [5.41, 5.74) is 2.76. The van der Waals surface area contributed by atoms with Gasteiger partial charge in [0.2, 0.25) is 0 Å². The van der Waals surface area contributed by atoms with Crippen LogP contribution in [-0.2, 0) is 15.9 Å². The van der Waals surface area contributed by atoms with E-state index < -0.39 is 0 Å². The molecule has 0 fully saturated rings. The van der Waals surface area contributed by atoms with E-state index in [2.05, 4.69) is 36.5 Å². The van der Waals surface area contributed by atoms with E-state index in [9.17, 15) is 0 Å². The fourth-order valence-corrected chi connectivity index (χ4v) is 2.41. The molecule has 18 heavy (non-hydrogen) atoms. The zero-order valence-corrected chi connectivity index (χ0v) is 11.3. The molecule has 0 aliphatic carbocycles. The van der Waals surface area contributed by atoms with Gasteiger partial charge in [0.1, 0.15) is 0 Å². The SMILES string of the molecule is CCOC(C)CNCC1OCCc2ccccc21. The van der Waals surface area contributed by atoms with Crippen LogP contribution >= 0.6 is 0 Å². The topological polar surface area (TPSA) is 30.5 Å². The Bertz CT molecular complexity index is 367. The lowest BCUT2D eigenvalue weighted by molar-refractivity contribution is 0.0353. The number of rotatable bonds is 6. The van der Waals surface area contributed by atoms with Gasteiger partial charge in [-0.25, -0.2) is 0 Å². The first kappa shape index (κ1) is 13.5. The molecule has 3 heteroatoms. The molecule has 1 aromatic carbocycles. The summed E-state index contributed by atoms with van der Waals surface area (Å²) in [6, 6.07) is 8.57. The summed E-state index contributed by atoms with van der Waals surface area (Å²) in [5.74, 6) is 0. The van der Waals surface area contributed by atoms with Crippen LogP contribution in [0.25, 0.3) is 0 Å². The molecule has 3 nitrogen and oxygen atoms in total. The third-order valence-electron chi connectivity index (χ3n) is 3.31. The lowest BCUT2D eigenvalue weighted by atomic mass is 9.97. The molecule has 0 saturated heterocycles. The normalized spacial score (nSPS) is 20.4. The lowest BCUT2D eigenvalue weighted by Gasteiger charge is -2.26. The zero-order valence-electron chi connectivity index (χ0n) is 11.3. The Hall–Kier alpha value is -0.900. The number of fused-ring (bicyclic) bond motifs is 1. The van der Waals surface area contributed by atoms with Gasteiger partial charge in [-0.1, -0.05) is 24.3 Å². The average molecular weight is 249 g/mol. The van der Waals surface area contributed by atoms with Crippen LogP contribution in [0.2, 0.25) is 0 Å². The van der Waals surface area contributed by atoms with Crippen molar-refractivity contribution in [3.05, 3.63) is 35.4 Å². The Morgan fingerprint density at radius 3 is 3.11 bits per heavy atom. The van der Waals surface area contributed by atoms with E-state index in [-0.39, 0.29) is 12.2 Å². The Kier molecular flexibility index (Phi) is 5.17. The number of hydrogen-bond acceptors (Lipinski definition) is 3. The fraction of sp³-hybridized carbons (Fsp3) is 0.600. The molecule has 2 rings (SSSR count). The summed E-state index contributed by atoms with van der Waals surface area (Å²) >= 11 is 0. The molecule has 100 valence electrons. The quantitative estimate of drug-likeness (QED) is 0.839. The first-order chi connectivity index (χ1) is 8.81. The molecule has 1 aliphatic heterocycles. The van der Waals surface area contributed by atoms with Gasteiger partial charge in [-0.2, -0.15) is 0 Å². The second kappa shape index (κ2) is 6.88. The van der Waals surface area contributed by atoms with Crippen molar-refractivity contribution in [2.75, 3.05) is 26.3 Å². The maximum Gasteiger partial charge on any atom is 0.0952 e. The molecule has 0 radical (unpaired) electrons. The molecule has 1 heterocycles. The van der Waals surface area contributed by atoms with E-state index in [1.54, 1.807) is 0 Å². The standard InChI is InChI=1S/C15H23NO2/c1-3-17-12(2)10-16-11-15-14-7-5-4-6-13(14)8-9-18-15/h4-7,12,15-16H,3,8-11H2,1-2H3. The number of ether oxygens (including phenoxy) is 2. The summed E-state index contributed by atoms with van der Waals surface area (Å²) in [7, 11) is 0. The number of hydrogen-bond donors (Lipinski definition) is 1. The van der Waals surface area contributed by atoms with Crippen molar-refractivity contribution in [1.82, 2.24) is 5.32 Å². The summed E-state index contributed by atoms with van der Waals surface area (Å²) in [5, 5.41) is 3.43. The minimum absolute atomic E-state index is 0.184. The highest BCUT2D eigenvalue weighted by atomic mass is 16.5. The third-order valence-corrected chi connectivity index (χ3v) is 3.31. The fourth-order valence-electron chi connectivity index (χ4n) is 2.41. The first-order valence-corrected chi connectivity index (χ1v) is 6.83. The van der Waals surface area contributed by atoms with E-state index in [1.807, 2.05) is 6.92 Å². The van der Waals surface area contributed by atoms with Gasteiger partial charge in [0.05, 0.1) is 18.8 Å². The maximum absolute atomic E-state index is 5.84. The molecule has 0 amide bonds. The van der Waals surface area contributed by atoms with Crippen molar-refractivity contribution < 1.29 is 9.47 Å². The number of benzene rings is 1. The van der Waals surface area contributed by atoms with Gasteiger partial charge in [-0.05, 0) is 31.4 Å². The van der Waals surface area contributed by atoms with Crippen molar-refractivity contribution in [3.63, 3.8) is 0 Å². The van der Waals surface area contributed by atoms with Crippen LogP contribution in [0.4, 0.5) is 0 Å². The Morgan fingerprint density at radius 1 is 1.44 bits per heavy atom. The van der Waals surface area contributed by atoms with E-state index in [0.717, 1.165) is 32.7 Å². The van der Waals surface area contributed by atoms with E-state index in [0.29, 0.717) is 0 Å². The third kappa shape index (κ3) is 3.55. The van der Waals surface area contributed by atoms with Crippen molar-refractivity contribution in [2.45, 2.75) is 32.5 Å². The van der Waals surface area contributed by atoms with Crippen molar-refractivity contribution in [1.29, 1.82) is 0 Å². The first-order valence-electron chi connectivity index (χ1n) is 6.83. The van der Waals surface area contributed by atoms with Crippen LogP contribution in [0.5, 0.6) is 0 Å². The second-order valence-electron chi connectivity index (χ2n) is 4.73. The Labute approximate surface area is 109 Å². The molecule has 0 spiro atoms. The van der Waals surface area contributed by atoms with Gasteiger partial charge < -0.3 is 14.8 Å². The van der Waals surface area contributed by atoms with Crippen LogP contribution in [0.3, 0.4) is 0 Å². The number of nitrogens with one attached hydrogen (secondary N) is 1. The maximum atomic E-state index is 5.84. The molecule has 2 unspecified atom stereocenters. The minimum atomic E-state index is 0.184. The molecule has 0 bridgehead atoms. The summed E-state index contributed by atoms with van der Waals surface area (Å²) < 4.78 is 11.3. The molecule has 1 aliphatic rings. The molecule has 2 atom stereocenters. The van der Waals surface area contributed by atoms with E-state index in [1.165, 1.54) is 11.1 Å². The van der Waals surface area contributed by atoms with Gasteiger partial charge >= 0.3 is 0 Å². The highest BCUT2D eigenvalue weighted by Gasteiger charge is 2.19. The summed E-state index contributed by atoms with van der Waals surface area (Å²) in [4.78, 5) is 0. The van der Waals surface area contributed by atoms with Gasteiger partial charge in [0, 0.05) is 19.7 Å². The summed E-state index contributed by atoms with van der Waals surface area (Å²) in [6.45, 7) is 7.43. The van der Waals surface area contributed by atoms with Crippen molar-refractivity contribution >= 4 is 0 Å². The molecule has 0 saturated carbocycles. The monoisotopic (exact) mass is 249 g/mol. The molecule has 1 N–H and O–H groups in total. The van der Waals surface area contributed by atoms with Gasteiger partial charge in [-0.3, -0.25) is 0 Å². The zero-order chi connectivity index (χ0) is 12.8. The van der Waals surface area contributed by atoms with Crippen LogP contribution in [0.1, 0.15) is 31.1 Å². The van der Waals surface area contributed by atoms with Crippen molar-refractivity contribution in [2.24, 2.45) is 0 Å². The Balaban J connectivity index is 1.84. The smallest absolute Gasteiger partial charge is 0.0952 e. The van der Waals surface area contributed by atoms with E-state index >= 15 is 0 Å². The second-order valence-corrected chi connectivity index (χ2v) is 4.73. The van der Waals surface area contributed by atoms with Gasteiger partial charge in [-0.15, -0.1) is 0 Å². The largest absolute Gasteiger partial charge is 0.377 e. The predicted molar refractivity (Wildman–Crippen MR) is 72.8 cm³/mol. The lowest BCUT2D eigenvalue weighted by Crippen LogP contribution is -2.32. The van der Waals surface area contributed by atoms with Gasteiger partial charge in [0.25, 0.3) is 0 Å². The summed E-state index contributed by atoms with van der Waals surface area (Å²) in [6.07, 6.45) is 1.47. The molecular weight excluding hydrogens is 226 g/mol. The van der Waals surface area contributed by atoms with Gasteiger partial charge in [0.15, 0.2) is 0 Å². The average Bonchev–Trinajstić information content (AvgIpc) is 2.39. The predicted octanol–water partition coefficient (Wildman–Crippen LogP) is 2.32. The highest BCUT2D eigenvalue weighted by Crippen LogP contribution is 2.26. The molecular formula is C15H23NO2. The van der Waals surface area contributed by atoms with Crippen LogP contribution in [0, 0.1) is 0 Å². The minimum Gasteiger partial charge on any atom is -0.377 e. The highest BCUT2D eigenvalue weighted by molar-refractivity contribution is 5.31. The van der Waals surface area contributed by atoms with Crippen LogP contribution in [-0.4, -0.2) is 32.4 Å².